The highest BCUT2D eigenvalue weighted by molar-refractivity contribution is 7.89. The third-order valence-electron chi connectivity index (χ3n) is 5.42. The van der Waals surface area contributed by atoms with Gasteiger partial charge in [0.1, 0.15) is 10.7 Å². The van der Waals surface area contributed by atoms with E-state index in [9.17, 15) is 17.6 Å². The minimum Gasteiger partial charge on any atom is -0.335 e. The van der Waals surface area contributed by atoms with Gasteiger partial charge in [0.2, 0.25) is 10.0 Å². The highest BCUT2D eigenvalue weighted by Crippen LogP contribution is 2.27. The summed E-state index contributed by atoms with van der Waals surface area (Å²) < 4.78 is 40.0. The first-order valence-electron chi connectivity index (χ1n) is 9.85. The first-order valence-corrected chi connectivity index (χ1v) is 11.3. The van der Waals surface area contributed by atoms with Crippen molar-refractivity contribution in [3.63, 3.8) is 0 Å². The predicted molar refractivity (Wildman–Crippen MR) is 111 cm³/mol. The number of amides is 1. The molecule has 5 nitrogen and oxygen atoms in total. The van der Waals surface area contributed by atoms with Gasteiger partial charge >= 0.3 is 0 Å². The number of hydrogen-bond donors (Lipinski definition) is 0. The molecule has 3 rings (SSSR count). The molecule has 1 aliphatic rings. The lowest BCUT2D eigenvalue weighted by Crippen LogP contribution is -2.44. The number of nitrogens with zero attached hydrogens (tertiary/aromatic N) is 2. The average molecular weight is 419 g/mol. The van der Waals surface area contributed by atoms with E-state index in [1.54, 1.807) is 0 Å². The third-order valence-corrected chi connectivity index (χ3v) is 7.25. The molecule has 0 heterocycles. The van der Waals surface area contributed by atoms with Gasteiger partial charge in [-0.3, -0.25) is 4.79 Å². The van der Waals surface area contributed by atoms with Gasteiger partial charge in [-0.05, 0) is 55.0 Å². The summed E-state index contributed by atoms with van der Waals surface area (Å²) >= 11 is 0. The molecule has 0 aliphatic heterocycles. The zero-order valence-electron chi connectivity index (χ0n) is 17.1. The molecule has 1 aliphatic carbocycles. The smallest absolute Gasteiger partial charge is 0.254 e. The number of halogens is 1. The largest absolute Gasteiger partial charge is 0.335 e. The van der Waals surface area contributed by atoms with Gasteiger partial charge in [0.05, 0.1) is 0 Å². The second-order valence-electron chi connectivity index (χ2n) is 7.60. The molecule has 1 amide bonds. The van der Waals surface area contributed by atoms with Crippen LogP contribution in [0.2, 0.25) is 0 Å². The Hall–Kier alpha value is -2.25. The number of sulfonamides is 1. The Morgan fingerprint density at radius 3 is 2.48 bits per heavy atom. The van der Waals surface area contributed by atoms with E-state index >= 15 is 0 Å². The maximum absolute atomic E-state index is 14.2. The molecular formula is C22H27FN2O3S. The minimum atomic E-state index is -3.98. The van der Waals surface area contributed by atoms with Crippen LogP contribution in [0.3, 0.4) is 0 Å². The molecule has 7 heteroatoms. The van der Waals surface area contributed by atoms with E-state index in [1.807, 2.05) is 24.0 Å². The Morgan fingerprint density at radius 1 is 1.14 bits per heavy atom. The van der Waals surface area contributed by atoms with Gasteiger partial charge in [0.15, 0.2) is 0 Å². The molecule has 0 N–H and O–H groups in total. The summed E-state index contributed by atoms with van der Waals surface area (Å²) in [5, 5.41) is 0. The SMILES string of the molecule is CCCN(C(=O)c1ccc(F)c(S(=O)(=O)N(C)C)c1)C1CCc2ccccc2C1. The van der Waals surface area contributed by atoms with Gasteiger partial charge in [0, 0.05) is 32.2 Å². The van der Waals surface area contributed by atoms with Crippen LogP contribution in [0.25, 0.3) is 0 Å². The van der Waals surface area contributed by atoms with Crippen LogP contribution < -0.4 is 0 Å². The molecule has 29 heavy (non-hydrogen) atoms. The normalized spacial score (nSPS) is 16.5. The van der Waals surface area contributed by atoms with E-state index in [0.717, 1.165) is 42.1 Å². The highest BCUT2D eigenvalue weighted by Gasteiger charge is 2.29. The third kappa shape index (κ3) is 4.36. The predicted octanol–water partition coefficient (Wildman–Crippen LogP) is 3.49. The van der Waals surface area contributed by atoms with Crippen molar-refractivity contribution in [2.75, 3.05) is 20.6 Å². The summed E-state index contributed by atoms with van der Waals surface area (Å²) in [7, 11) is -1.30. The molecule has 0 fully saturated rings. The van der Waals surface area contributed by atoms with Crippen molar-refractivity contribution in [1.29, 1.82) is 0 Å². The number of carbonyl (C=O) groups is 1. The molecule has 1 atom stereocenters. The van der Waals surface area contributed by atoms with Gasteiger partial charge in [-0.25, -0.2) is 17.1 Å². The van der Waals surface area contributed by atoms with Crippen LogP contribution in [0, 0.1) is 5.82 Å². The molecule has 0 aromatic heterocycles. The molecular weight excluding hydrogens is 391 g/mol. The van der Waals surface area contributed by atoms with Crippen molar-refractivity contribution in [3.05, 3.63) is 65.0 Å². The molecule has 2 aromatic carbocycles. The second-order valence-corrected chi connectivity index (χ2v) is 9.72. The minimum absolute atomic E-state index is 0.0382. The van der Waals surface area contributed by atoms with Crippen LogP contribution in [0.5, 0.6) is 0 Å². The van der Waals surface area contributed by atoms with Crippen molar-refractivity contribution < 1.29 is 17.6 Å². The van der Waals surface area contributed by atoms with Gasteiger partial charge < -0.3 is 4.90 Å². The first kappa shape index (κ1) is 21.5. The van der Waals surface area contributed by atoms with E-state index in [0.29, 0.717) is 6.54 Å². The van der Waals surface area contributed by atoms with E-state index < -0.39 is 20.7 Å². The molecule has 0 spiro atoms. The Balaban J connectivity index is 1.93. The summed E-state index contributed by atoms with van der Waals surface area (Å²) in [5.74, 6) is -1.12. The fourth-order valence-electron chi connectivity index (χ4n) is 3.83. The Labute approximate surface area is 172 Å². The van der Waals surface area contributed by atoms with Crippen LogP contribution in [0.4, 0.5) is 4.39 Å². The lowest BCUT2D eigenvalue weighted by molar-refractivity contribution is 0.0661. The second kappa shape index (κ2) is 8.63. The first-order chi connectivity index (χ1) is 13.8. The van der Waals surface area contributed by atoms with E-state index in [4.69, 9.17) is 0 Å². The quantitative estimate of drug-likeness (QED) is 0.722. The van der Waals surface area contributed by atoms with Crippen molar-refractivity contribution >= 4 is 15.9 Å². The van der Waals surface area contributed by atoms with E-state index in [-0.39, 0.29) is 17.5 Å². The summed E-state index contributed by atoms with van der Waals surface area (Å²) in [4.78, 5) is 14.6. The maximum Gasteiger partial charge on any atom is 0.254 e. The van der Waals surface area contributed by atoms with Crippen LogP contribution in [-0.4, -0.2) is 50.2 Å². The van der Waals surface area contributed by atoms with Crippen molar-refractivity contribution in [3.8, 4) is 0 Å². The standard InChI is InChI=1S/C22H27FN2O3S/c1-4-13-25(19-11-9-16-7-5-6-8-17(16)14-19)22(26)18-10-12-20(23)21(15-18)29(27,28)24(2)3/h5-8,10,12,15,19H,4,9,11,13-14H2,1-3H3. The monoisotopic (exact) mass is 418 g/mol. The zero-order chi connectivity index (χ0) is 21.2. The van der Waals surface area contributed by atoms with Gasteiger partial charge in [-0.15, -0.1) is 0 Å². The number of hydrogen-bond acceptors (Lipinski definition) is 3. The Morgan fingerprint density at radius 2 is 1.83 bits per heavy atom. The van der Waals surface area contributed by atoms with Gasteiger partial charge in [-0.1, -0.05) is 31.2 Å². The topological polar surface area (TPSA) is 57.7 Å². The maximum atomic E-state index is 14.2. The van der Waals surface area contributed by atoms with Crippen molar-refractivity contribution in [2.24, 2.45) is 0 Å². The molecule has 1 unspecified atom stereocenters. The number of rotatable bonds is 6. The average Bonchev–Trinajstić information content (AvgIpc) is 2.71. The molecule has 156 valence electrons. The molecule has 0 saturated heterocycles. The number of carbonyl (C=O) groups excluding carboxylic acids is 1. The highest BCUT2D eigenvalue weighted by atomic mass is 32.2. The number of aryl methyl sites for hydroxylation is 1. The van der Waals surface area contributed by atoms with Crippen LogP contribution >= 0.6 is 0 Å². The molecule has 0 bridgehead atoms. The molecule has 0 saturated carbocycles. The number of fused-ring (bicyclic) bond motifs is 1. The van der Waals surface area contributed by atoms with Crippen molar-refractivity contribution in [1.82, 2.24) is 9.21 Å². The van der Waals surface area contributed by atoms with Gasteiger partial charge in [-0.2, -0.15) is 0 Å². The Bertz CT molecular complexity index is 1000. The summed E-state index contributed by atoms with van der Waals surface area (Å²) in [6, 6.07) is 11.9. The summed E-state index contributed by atoms with van der Waals surface area (Å²) in [6.45, 7) is 2.57. The lowest BCUT2D eigenvalue weighted by atomic mass is 9.87. The zero-order valence-corrected chi connectivity index (χ0v) is 17.9. The summed E-state index contributed by atoms with van der Waals surface area (Å²) in [6.07, 6.45) is 3.31. The fraction of sp³-hybridized carbons (Fsp3) is 0.409. The van der Waals surface area contributed by atoms with Crippen LogP contribution in [-0.2, 0) is 22.9 Å². The van der Waals surface area contributed by atoms with Crippen LogP contribution in [0.1, 0.15) is 41.3 Å². The lowest BCUT2D eigenvalue weighted by Gasteiger charge is -2.35. The fourth-order valence-corrected chi connectivity index (χ4v) is 4.82. The van der Waals surface area contributed by atoms with Crippen LogP contribution in [0.15, 0.2) is 47.4 Å². The Kier molecular flexibility index (Phi) is 6.39. The van der Waals surface area contributed by atoms with Crippen molar-refractivity contribution in [2.45, 2.75) is 43.5 Å². The summed E-state index contributed by atoms with van der Waals surface area (Å²) in [5.41, 5.74) is 2.75. The van der Waals surface area contributed by atoms with Gasteiger partial charge in [0.25, 0.3) is 5.91 Å². The molecule has 0 radical (unpaired) electrons. The van der Waals surface area contributed by atoms with E-state index in [2.05, 4.69) is 12.1 Å². The van der Waals surface area contributed by atoms with E-state index in [1.165, 1.54) is 31.3 Å². The molecule has 2 aromatic rings. The number of benzene rings is 2.